The van der Waals surface area contributed by atoms with Crippen molar-refractivity contribution in [3.05, 3.63) is 0 Å². The Labute approximate surface area is 344 Å². The van der Waals surface area contributed by atoms with Crippen molar-refractivity contribution < 1.29 is 67.7 Å². The van der Waals surface area contributed by atoms with Crippen molar-refractivity contribution in [1.29, 1.82) is 0 Å². The number of esters is 2. The number of hydrogen-bond acceptors (Lipinski definition) is 16. The standard InChI is InChI=1S/C41H73N3O14/c1-12-31(48)55-29-20-30(47)42-24(4)15-14-17-44(10)22-28(46)23(3)19-27(16-18-45)37(38(29)52-11)58-40-35(50)34(43(8)9)36(25(5)54-40)57-33-21-41(7,51)39(26(6)53-33)56-32(49)13-2/h18,23-29,33-40,46,50-51H,12-17,19-22H2,1-11H3,(H,42,47)/t23-,24?,25?,26?,27+,28+,29-,33+,34?,35?,36-,37+,38+,39+,40+,41?/m1/s1. The third-order valence-electron chi connectivity index (χ3n) is 11.7. The number of aliphatic hydroxyl groups is 3. The van der Waals surface area contributed by atoms with Crippen molar-refractivity contribution in [3.63, 3.8) is 0 Å². The van der Waals surface area contributed by atoms with Crippen LogP contribution < -0.4 is 5.32 Å². The highest BCUT2D eigenvalue weighted by molar-refractivity contribution is 5.77. The zero-order valence-electron chi connectivity index (χ0n) is 36.5. The molecule has 16 atom stereocenters. The zero-order valence-corrected chi connectivity index (χ0v) is 36.5. The summed E-state index contributed by atoms with van der Waals surface area (Å²) in [6, 6.07) is -0.947. The Hall–Kier alpha value is -2.32. The van der Waals surface area contributed by atoms with Gasteiger partial charge >= 0.3 is 11.9 Å². The van der Waals surface area contributed by atoms with E-state index in [4.69, 9.17) is 33.2 Å². The molecule has 3 aliphatic rings. The number of amides is 1. The molecule has 0 aliphatic carbocycles. The monoisotopic (exact) mass is 832 g/mol. The van der Waals surface area contributed by atoms with Crippen LogP contribution >= 0.6 is 0 Å². The Balaban J connectivity index is 2.01. The molecule has 0 radical (unpaired) electrons. The number of carbonyl (C=O) groups is 4. The minimum atomic E-state index is -1.48. The minimum absolute atomic E-state index is 0.0301. The molecule has 3 rings (SSSR count). The number of methoxy groups -OCH3 is 1. The number of nitrogens with one attached hydrogen (secondary N) is 1. The van der Waals surface area contributed by atoms with Crippen LogP contribution in [0.1, 0.15) is 99.8 Å². The lowest BCUT2D eigenvalue weighted by Gasteiger charge is -2.50. The first-order chi connectivity index (χ1) is 27.3. The smallest absolute Gasteiger partial charge is 0.305 e. The summed E-state index contributed by atoms with van der Waals surface area (Å²) in [7, 11) is 6.86. The van der Waals surface area contributed by atoms with Crippen LogP contribution in [0.3, 0.4) is 0 Å². The highest BCUT2D eigenvalue weighted by atomic mass is 16.7. The van der Waals surface area contributed by atoms with Crippen molar-refractivity contribution in [2.75, 3.05) is 41.3 Å². The van der Waals surface area contributed by atoms with Crippen LogP contribution in [0.4, 0.5) is 0 Å². The van der Waals surface area contributed by atoms with Crippen LogP contribution in [-0.4, -0.2) is 176 Å². The van der Waals surface area contributed by atoms with Gasteiger partial charge in [-0.1, -0.05) is 20.8 Å². The quantitative estimate of drug-likeness (QED) is 0.162. The van der Waals surface area contributed by atoms with Gasteiger partial charge in [0.1, 0.15) is 36.3 Å². The summed E-state index contributed by atoms with van der Waals surface area (Å²) in [5, 5.41) is 37.8. The Morgan fingerprint density at radius 3 is 2.24 bits per heavy atom. The van der Waals surface area contributed by atoms with E-state index >= 15 is 0 Å². The van der Waals surface area contributed by atoms with Crippen molar-refractivity contribution in [3.8, 4) is 0 Å². The number of aldehydes is 1. The highest BCUT2D eigenvalue weighted by Crippen LogP contribution is 2.37. The molecule has 336 valence electrons. The molecule has 0 aromatic rings. The van der Waals surface area contributed by atoms with E-state index in [1.807, 2.05) is 25.8 Å². The maximum absolute atomic E-state index is 13.5. The normalized spacial score (nSPS) is 40.4. The van der Waals surface area contributed by atoms with Gasteiger partial charge in [-0.25, -0.2) is 0 Å². The Bertz CT molecular complexity index is 1310. The predicted molar refractivity (Wildman–Crippen MR) is 211 cm³/mol. The Kier molecular flexibility index (Phi) is 19.9. The van der Waals surface area contributed by atoms with E-state index < -0.39 is 97.0 Å². The second-order valence-electron chi connectivity index (χ2n) is 17.1. The van der Waals surface area contributed by atoms with Gasteiger partial charge in [-0.2, -0.15) is 0 Å². The summed E-state index contributed by atoms with van der Waals surface area (Å²) in [5.74, 6) is -2.37. The molecule has 1 amide bonds. The van der Waals surface area contributed by atoms with E-state index in [1.165, 1.54) is 7.11 Å². The number of ether oxygens (including phenoxy) is 7. The average Bonchev–Trinajstić information content (AvgIpc) is 3.13. The number of carbonyl (C=O) groups excluding carboxylic acids is 4. The number of β-amino-alcohol motifs (C(OH)–C–C–N with tert-alkyl or cyclic N) is 1. The highest BCUT2D eigenvalue weighted by Gasteiger charge is 2.53. The minimum Gasteiger partial charge on any atom is -0.459 e. The van der Waals surface area contributed by atoms with E-state index in [9.17, 15) is 34.5 Å². The third-order valence-corrected chi connectivity index (χ3v) is 11.7. The summed E-state index contributed by atoms with van der Waals surface area (Å²) in [5.41, 5.74) is -1.48. The molecule has 4 N–H and O–H groups in total. The SMILES string of the molecule is CCC(=O)O[C@@H]1CC(=O)NC(C)CCCN(C)C[C@H](O)[C@H](C)C[C@H](CC=O)[C@H](O[C@@H]2OC(C)[C@@H](O[C@H]3CC(C)(O)[C@@H](OC(=O)CC)C(C)O3)C(N(C)C)C2O)[C@H]1OC. The molecule has 0 aromatic heterocycles. The van der Waals surface area contributed by atoms with Gasteiger partial charge in [-0.3, -0.25) is 14.4 Å². The second-order valence-corrected chi connectivity index (χ2v) is 17.1. The summed E-state index contributed by atoms with van der Waals surface area (Å²) in [6.45, 7) is 13.2. The number of nitrogens with zero attached hydrogens (tertiary/aromatic N) is 2. The molecular formula is C41H73N3O14. The lowest BCUT2D eigenvalue weighted by Crippen LogP contribution is -2.66. The van der Waals surface area contributed by atoms with Crippen LogP contribution in [0, 0.1) is 11.8 Å². The van der Waals surface area contributed by atoms with Gasteiger partial charge in [-0.15, -0.1) is 0 Å². The number of aliphatic hydroxyl groups excluding tert-OH is 2. The van der Waals surface area contributed by atoms with E-state index in [-0.39, 0.29) is 56.4 Å². The summed E-state index contributed by atoms with van der Waals surface area (Å²) >= 11 is 0. The van der Waals surface area contributed by atoms with Crippen molar-refractivity contribution in [2.45, 2.75) is 185 Å². The number of hydrogen-bond donors (Lipinski definition) is 4. The van der Waals surface area contributed by atoms with Gasteiger partial charge in [0.15, 0.2) is 18.7 Å². The fourth-order valence-electron chi connectivity index (χ4n) is 8.48. The van der Waals surface area contributed by atoms with E-state index in [2.05, 4.69) is 5.32 Å². The first-order valence-corrected chi connectivity index (χ1v) is 21.0. The van der Waals surface area contributed by atoms with Crippen LogP contribution in [0.2, 0.25) is 0 Å². The molecule has 6 unspecified atom stereocenters. The van der Waals surface area contributed by atoms with Crippen molar-refractivity contribution >= 4 is 24.1 Å². The first-order valence-electron chi connectivity index (χ1n) is 21.0. The molecular weight excluding hydrogens is 758 g/mol. The number of rotatable bonds is 12. The molecule has 17 nitrogen and oxygen atoms in total. The van der Waals surface area contributed by atoms with E-state index in [1.54, 1.807) is 53.6 Å². The van der Waals surface area contributed by atoms with Crippen LogP contribution in [0.15, 0.2) is 0 Å². The molecule has 0 aromatic carbocycles. The fourth-order valence-corrected chi connectivity index (χ4v) is 8.48. The second kappa shape index (κ2) is 23.0. The zero-order chi connectivity index (χ0) is 43.5. The fraction of sp³-hybridized carbons (Fsp3) is 0.902. The molecule has 17 heteroatoms. The molecule has 0 bridgehead atoms. The summed E-state index contributed by atoms with van der Waals surface area (Å²) in [4.78, 5) is 54.7. The van der Waals surface area contributed by atoms with Gasteiger partial charge in [0.05, 0.1) is 36.9 Å². The first kappa shape index (κ1) is 50.0. The van der Waals surface area contributed by atoms with Crippen molar-refractivity contribution in [1.82, 2.24) is 15.1 Å². The lowest BCUT2D eigenvalue weighted by molar-refractivity contribution is -0.344. The van der Waals surface area contributed by atoms with E-state index in [0.717, 1.165) is 12.7 Å². The Morgan fingerprint density at radius 1 is 1.00 bits per heavy atom. The largest absolute Gasteiger partial charge is 0.459 e. The van der Waals surface area contributed by atoms with Crippen LogP contribution in [-0.2, 0) is 52.3 Å². The number of likely N-dealkylation sites (N-methyl/N-ethyl adjacent to an activating group) is 2. The van der Waals surface area contributed by atoms with Gasteiger partial charge in [0.25, 0.3) is 0 Å². The molecule has 3 saturated heterocycles. The lowest BCUT2D eigenvalue weighted by atomic mass is 9.82. The molecule has 3 aliphatic heterocycles. The maximum atomic E-state index is 13.5. The topological polar surface area (TPSA) is 212 Å². The van der Waals surface area contributed by atoms with Crippen molar-refractivity contribution in [2.24, 2.45) is 11.8 Å². The van der Waals surface area contributed by atoms with Gasteiger partial charge in [0.2, 0.25) is 5.91 Å². The van der Waals surface area contributed by atoms with E-state index in [0.29, 0.717) is 19.5 Å². The maximum Gasteiger partial charge on any atom is 0.305 e. The van der Waals surface area contributed by atoms with Crippen LogP contribution in [0.25, 0.3) is 0 Å². The molecule has 58 heavy (non-hydrogen) atoms. The molecule has 3 fully saturated rings. The summed E-state index contributed by atoms with van der Waals surface area (Å²) < 4.78 is 43.2. The average molecular weight is 832 g/mol. The Morgan fingerprint density at radius 2 is 1.66 bits per heavy atom. The van der Waals surface area contributed by atoms with Crippen LogP contribution in [0.5, 0.6) is 0 Å². The van der Waals surface area contributed by atoms with Gasteiger partial charge in [0, 0.05) is 45.4 Å². The predicted octanol–water partition coefficient (Wildman–Crippen LogP) is 1.55. The van der Waals surface area contributed by atoms with Gasteiger partial charge in [-0.05, 0) is 86.5 Å². The molecule has 0 saturated carbocycles. The van der Waals surface area contributed by atoms with Gasteiger partial charge < -0.3 is 68.4 Å². The third kappa shape index (κ3) is 13.9. The molecule has 0 spiro atoms. The molecule has 3 heterocycles. The summed E-state index contributed by atoms with van der Waals surface area (Å²) in [6.07, 6.45) is -8.64.